The van der Waals surface area contributed by atoms with Crippen molar-refractivity contribution in [1.29, 1.82) is 0 Å². The number of carbonyl (C=O) groups excluding carboxylic acids is 3. The average Bonchev–Trinajstić information content (AvgIpc) is 3.59. The molecule has 5 rings (SSSR count). The highest BCUT2D eigenvalue weighted by atomic mass is 35.5. The lowest BCUT2D eigenvalue weighted by Gasteiger charge is -2.34. The van der Waals surface area contributed by atoms with Gasteiger partial charge in [0.05, 0.1) is 18.0 Å². The van der Waals surface area contributed by atoms with Gasteiger partial charge in [-0.3, -0.25) is 4.79 Å². The summed E-state index contributed by atoms with van der Waals surface area (Å²) in [4.78, 5) is 44.1. The molecular formula is C31H37ClN2O5. The fourth-order valence-corrected chi connectivity index (χ4v) is 6.64. The summed E-state index contributed by atoms with van der Waals surface area (Å²) < 4.78 is 11.2. The first-order valence-electron chi connectivity index (χ1n) is 13.8. The van der Waals surface area contributed by atoms with E-state index in [1.54, 1.807) is 17.0 Å². The van der Waals surface area contributed by atoms with Crippen LogP contribution in [0.5, 0.6) is 0 Å². The molecule has 2 saturated heterocycles. The molecule has 0 N–H and O–H groups in total. The Morgan fingerprint density at radius 1 is 1.08 bits per heavy atom. The summed E-state index contributed by atoms with van der Waals surface area (Å²) in [5.74, 6) is -1.12. The molecule has 1 spiro atoms. The first-order valence-corrected chi connectivity index (χ1v) is 14.2. The third-order valence-electron chi connectivity index (χ3n) is 8.23. The van der Waals surface area contributed by atoms with Gasteiger partial charge in [0.2, 0.25) is 5.91 Å². The molecule has 0 aromatic heterocycles. The van der Waals surface area contributed by atoms with Crippen molar-refractivity contribution in [1.82, 2.24) is 9.80 Å². The van der Waals surface area contributed by atoms with Crippen molar-refractivity contribution < 1.29 is 23.9 Å². The minimum absolute atomic E-state index is 0.0541. The number of nitrogens with zero attached hydrogens (tertiary/aromatic N) is 2. The average molecular weight is 553 g/mol. The molecule has 39 heavy (non-hydrogen) atoms. The van der Waals surface area contributed by atoms with Gasteiger partial charge in [0.25, 0.3) is 0 Å². The van der Waals surface area contributed by atoms with Crippen LogP contribution in [0.2, 0.25) is 5.02 Å². The van der Waals surface area contributed by atoms with Crippen LogP contribution in [-0.2, 0) is 20.7 Å². The Morgan fingerprint density at radius 2 is 1.74 bits per heavy atom. The number of cyclic esters (lactones) is 1. The number of carbonyl (C=O) groups is 3. The predicted octanol–water partition coefficient (Wildman–Crippen LogP) is 6.58. The third kappa shape index (κ3) is 5.93. The lowest BCUT2D eigenvalue weighted by atomic mass is 9.79. The normalized spacial score (nSPS) is 23.2. The minimum Gasteiger partial charge on any atom is -0.447 e. The molecule has 7 nitrogen and oxygen atoms in total. The van der Waals surface area contributed by atoms with Gasteiger partial charge in [-0.1, -0.05) is 66.9 Å². The van der Waals surface area contributed by atoms with E-state index in [0.717, 1.165) is 36.8 Å². The molecule has 1 saturated carbocycles. The summed E-state index contributed by atoms with van der Waals surface area (Å²) in [7, 11) is 0. The van der Waals surface area contributed by atoms with Crippen LogP contribution in [0.4, 0.5) is 9.59 Å². The maximum absolute atomic E-state index is 14.5. The summed E-state index contributed by atoms with van der Waals surface area (Å²) in [5, 5.41) is 0.551. The predicted molar refractivity (Wildman–Crippen MR) is 149 cm³/mol. The van der Waals surface area contributed by atoms with E-state index >= 15 is 0 Å². The van der Waals surface area contributed by atoms with Gasteiger partial charge in [-0.05, 0) is 75.1 Å². The van der Waals surface area contributed by atoms with Crippen LogP contribution >= 0.6 is 11.6 Å². The highest BCUT2D eigenvalue weighted by Crippen LogP contribution is 2.51. The maximum Gasteiger partial charge on any atom is 0.417 e. The molecule has 3 aliphatic rings. The molecule has 1 aliphatic carbocycles. The Balaban J connectivity index is 1.53. The van der Waals surface area contributed by atoms with Gasteiger partial charge in [0.1, 0.15) is 12.2 Å². The van der Waals surface area contributed by atoms with Crippen molar-refractivity contribution in [3.63, 3.8) is 0 Å². The molecule has 0 unspecified atom stereocenters. The standard InChI is InChI=1S/C31H37ClN2O5/c1-30(2,3)39-28(36)33-20-31(15-7-8-16-31)18-25(33)26(22-11-13-23(32)14-12-22)27(35)34-24(19-38-29(34)37)17-21-9-5-4-6-10-21/h4-6,9-14,24-26H,7-8,15-20H2,1-3H3/t24-,25+,26+/m1/s1. The maximum atomic E-state index is 14.5. The number of amides is 3. The number of hydrogen-bond donors (Lipinski definition) is 0. The van der Waals surface area contributed by atoms with E-state index < -0.39 is 35.8 Å². The zero-order chi connectivity index (χ0) is 27.8. The second-order valence-corrected chi connectivity index (χ2v) is 12.7. The van der Waals surface area contributed by atoms with E-state index in [0.29, 0.717) is 24.4 Å². The Kier molecular flexibility index (Phi) is 7.64. The number of benzene rings is 2. The Labute approximate surface area is 235 Å². The number of hydrogen-bond acceptors (Lipinski definition) is 5. The molecule has 2 aliphatic heterocycles. The van der Waals surface area contributed by atoms with Crippen LogP contribution in [0.3, 0.4) is 0 Å². The fourth-order valence-electron chi connectivity index (χ4n) is 6.52. The molecule has 3 amide bonds. The third-order valence-corrected chi connectivity index (χ3v) is 8.49. The number of likely N-dealkylation sites (tertiary alicyclic amines) is 1. The molecule has 3 atom stereocenters. The van der Waals surface area contributed by atoms with Crippen molar-refractivity contribution in [2.24, 2.45) is 5.41 Å². The van der Waals surface area contributed by atoms with E-state index in [1.165, 1.54) is 4.90 Å². The van der Waals surface area contributed by atoms with E-state index in [1.807, 2.05) is 63.2 Å². The summed E-state index contributed by atoms with van der Waals surface area (Å²) in [5.41, 5.74) is 1.01. The quantitative estimate of drug-likeness (QED) is 0.418. The van der Waals surface area contributed by atoms with Crippen molar-refractivity contribution >= 4 is 29.7 Å². The van der Waals surface area contributed by atoms with E-state index in [9.17, 15) is 14.4 Å². The number of rotatable bonds is 5. The fraction of sp³-hybridized carbons (Fsp3) is 0.516. The van der Waals surface area contributed by atoms with Crippen molar-refractivity contribution in [3.8, 4) is 0 Å². The lowest BCUT2D eigenvalue weighted by Crippen LogP contribution is -2.50. The van der Waals surface area contributed by atoms with Crippen LogP contribution in [0, 0.1) is 5.41 Å². The molecule has 8 heteroatoms. The smallest absolute Gasteiger partial charge is 0.417 e. The van der Waals surface area contributed by atoms with Gasteiger partial charge in [-0.2, -0.15) is 0 Å². The van der Waals surface area contributed by atoms with Crippen LogP contribution in [-0.4, -0.2) is 58.7 Å². The molecule has 0 radical (unpaired) electrons. The first kappa shape index (κ1) is 27.5. The lowest BCUT2D eigenvalue weighted by molar-refractivity contribution is -0.132. The second-order valence-electron chi connectivity index (χ2n) is 12.2. The molecule has 2 heterocycles. The van der Waals surface area contributed by atoms with Crippen molar-refractivity contribution in [3.05, 3.63) is 70.7 Å². The van der Waals surface area contributed by atoms with Crippen LogP contribution in [0.15, 0.2) is 54.6 Å². The Bertz CT molecular complexity index is 1200. The SMILES string of the molecule is CC(C)(C)OC(=O)N1CC2(CCCC2)C[C@H]1[C@@H](C(=O)N1C(=O)OC[C@H]1Cc1ccccc1)c1ccc(Cl)cc1. The number of imide groups is 1. The molecule has 0 bridgehead atoms. The molecular weight excluding hydrogens is 516 g/mol. The highest BCUT2D eigenvalue weighted by molar-refractivity contribution is 6.30. The zero-order valence-electron chi connectivity index (χ0n) is 22.9. The largest absolute Gasteiger partial charge is 0.447 e. The molecule has 2 aromatic rings. The van der Waals surface area contributed by atoms with Crippen molar-refractivity contribution in [2.75, 3.05) is 13.2 Å². The topological polar surface area (TPSA) is 76.2 Å². The van der Waals surface area contributed by atoms with Crippen LogP contribution in [0.25, 0.3) is 0 Å². The summed E-state index contributed by atoms with van der Waals surface area (Å²) in [6.45, 7) is 6.21. The monoisotopic (exact) mass is 552 g/mol. The molecule has 3 fully saturated rings. The van der Waals surface area contributed by atoms with E-state index in [4.69, 9.17) is 21.1 Å². The molecule has 2 aromatic carbocycles. The number of halogens is 1. The minimum atomic E-state index is -0.765. The molecule has 208 valence electrons. The van der Waals surface area contributed by atoms with E-state index in [2.05, 4.69) is 0 Å². The van der Waals surface area contributed by atoms with Crippen molar-refractivity contribution in [2.45, 2.75) is 82.9 Å². The second kappa shape index (κ2) is 10.8. The highest BCUT2D eigenvalue weighted by Gasteiger charge is 2.54. The van der Waals surface area contributed by atoms with Gasteiger partial charge in [-0.15, -0.1) is 0 Å². The van der Waals surface area contributed by atoms with Crippen LogP contribution in [0.1, 0.15) is 69.9 Å². The van der Waals surface area contributed by atoms with Gasteiger partial charge in [0.15, 0.2) is 0 Å². The zero-order valence-corrected chi connectivity index (χ0v) is 23.7. The Morgan fingerprint density at radius 3 is 2.38 bits per heavy atom. The van der Waals surface area contributed by atoms with Gasteiger partial charge in [0, 0.05) is 11.6 Å². The van der Waals surface area contributed by atoms with Gasteiger partial charge < -0.3 is 14.4 Å². The van der Waals surface area contributed by atoms with Crippen LogP contribution < -0.4 is 0 Å². The summed E-state index contributed by atoms with van der Waals surface area (Å²) >= 11 is 6.22. The Hall–Kier alpha value is -3.06. The first-order chi connectivity index (χ1) is 18.6. The summed E-state index contributed by atoms with van der Waals surface area (Å²) in [6.07, 6.45) is 4.33. The summed E-state index contributed by atoms with van der Waals surface area (Å²) in [6, 6.07) is 16.0. The number of ether oxygens (including phenoxy) is 2. The van der Waals surface area contributed by atoms with Gasteiger partial charge in [-0.25, -0.2) is 14.5 Å². The van der Waals surface area contributed by atoms with Gasteiger partial charge >= 0.3 is 12.2 Å². The van der Waals surface area contributed by atoms with E-state index in [-0.39, 0.29) is 17.9 Å².